The summed E-state index contributed by atoms with van der Waals surface area (Å²) in [6.45, 7) is 3.22. The van der Waals surface area contributed by atoms with Gasteiger partial charge < -0.3 is 14.4 Å². The Morgan fingerprint density at radius 3 is 2.59 bits per heavy atom. The lowest BCUT2D eigenvalue weighted by Gasteiger charge is -2.29. The van der Waals surface area contributed by atoms with Gasteiger partial charge in [-0.25, -0.2) is 8.42 Å². The number of hydrogen-bond donors (Lipinski definition) is 0. The molecule has 0 aliphatic carbocycles. The minimum absolute atomic E-state index is 0.214. The van der Waals surface area contributed by atoms with Crippen LogP contribution in [0, 0.1) is 0 Å². The normalized spacial score (nSPS) is 17.1. The van der Waals surface area contributed by atoms with E-state index in [9.17, 15) is 13.2 Å². The van der Waals surface area contributed by atoms with E-state index in [1.807, 2.05) is 0 Å². The number of benzene rings is 1. The molecule has 7 heteroatoms. The van der Waals surface area contributed by atoms with E-state index in [-0.39, 0.29) is 11.7 Å². The Kier molecular flexibility index (Phi) is 5.42. The second-order valence-corrected chi connectivity index (χ2v) is 7.52. The van der Waals surface area contributed by atoms with Gasteiger partial charge in [0.15, 0.2) is 9.84 Å². The molecular formula is C15H21NO5S. The number of methoxy groups -OCH3 is 1. The maximum absolute atomic E-state index is 12.5. The molecule has 0 aromatic heterocycles. The van der Waals surface area contributed by atoms with Crippen LogP contribution in [0.25, 0.3) is 0 Å². The van der Waals surface area contributed by atoms with Crippen molar-refractivity contribution in [2.45, 2.75) is 17.9 Å². The Bertz CT molecular complexity index is 623. The number of amides is 1. The Hall–Kier alpha value is -1.60. The molecule has 0 saturated carbocycles. The Balaban J connectivity index is 2.13. The SMILES string of the molecule is COc1ccccc1CS(=O)(=O)[C@@H](C)C(=O)N1CCOCC1. The Morgan fingerprint density at radius 2 is 1.95 bits per heavy atom. The van der Waals surface area contributed by atoms with E-state index in [0.717, 1.165) is 0 Å². The highest BCUT2D eigenvalue weighted by Gasteiger charge is 2.32. The van der Waals surface area contributed by atoms with E-state index < -0.39 is 15.1 Å². The molecule has 1 aromatic rings. The molecule has 1 aromatic carbocycles. The fourth-order valence-corrected chi connectivity index (χ4v) is 3.74. The van der Waals surface area contributed by atoms with Crippen LogP contribution in [-0.2, 0) is 25.1 Å². The smallest absolute Gasteiger partial charge is 0.240 e. The van der Waals surface area contributed by atoms with Crippen molar-refractivity contribution in [1.29, 1.82) is 0 Å². The van der Waals surface area contributed by atoms with Gasteiger partial charge in [-0.1, -0.05) is 18.2 Å². The summed E-state index contributed by atoms with van der Waals surface area (Å²) >= 11 is 0. The summed E-state index contributed by atoms with van der Waals surface area (Å²) in [5.41, 5.74) is 0.562. The summed E-state index contributed by atoms with van der Waals surface area (Å²) in [5, 5.41) is -1.07. The molecule has 0 radical (unpaired) electrons. The van der Waals surface area contributed by atoms with Crippen molar-refractivity contribution in [3.05, 3.63) is 29.8 Å². The van der Waals surface area contributed by atoms with Gasteiger partial charge in [0.25, 0.3) is 0 Å². The van der Waals surface area contributed by atoms with Crippen molar-refractivity contribution >= 4 is 15.7 Å². The van der Waals surface area contributed by atoms with Gasteiger partial charge >= 0.3 is 0 Å². The predicted octanol–water partition coefficient (Wildman–Crippen LogP) is 0.857. The molecule has 1 atom stereocenters. The number of rotatable bonds is 5. The summed E-state index contributed by atoms with van der Waals surface area (Å²) in [4.78, 5) is 13.9. The van der Waals surface area contributed by atoms with Gasteiger partial charge in [-0.15, -0.1) is 0 Å². The van der Waals surface area contributed by atoms with E-state index in [4.69, 9.17) is 9.47 Å². The lowest BCUT2D eigenvalue weighted by atomic mass is 10.2. The molecular weight excluding hydrogens is 306 g/mol. The number of carbonyl (C=O) groups excluding carboxylic acids is 1. The maximum atomic E-state index is 12.5. The van der Waals surface area contributed by atoms with Gasteiger partial charge in [-0.3, -0.25) is 4.79 Å². The standard InChI is InChI=1S/C15H21NO5S/c1-12(15(17)16-7-9-21-10-8-16)22(18,19)11-13-5-3-4-6-14(13)20-2/h3-6,12H,7-11H2,1-2H3/t12-/m0/s1. The molecule has 1 saturated heterocycles. The number of ether oxygens (including phenoxy) is 2. The molecule has 22 heavy (non-hydrogen) atoms. The molecule has 0 unspecified atom stereocenters. The fourth-order valence-electron chi connectivity index (χ4n) is 2.36. The third kappa shape index (κ3) is 3.78. The molecule has 1 amide bonds. The lowest BCUT2D eigenvalue weighted by molar-refractivity contribution is -0.134. The first-order valence-electron chi connectivity index (χ1n) is 7.15. The monoisotopic (exact) mass is 327 g/mol. The van der Waals surface area contributed by atoms with Crippen LogP contribution in [0.15, 0.2) is 24.3 Å². The van der Waals surface area contributed by atoms with E-state index in [1.165, 1.54) is 14.0 Å². The van der Waals surface area contributed by atoms with E-state index >= 15 is 0 Å². The third-order valence-corrected chi connectivity index (χ3v) is 5.75. The van der Waals surface area contributed by atoms with Crippen LogP contribution in [0.5, 0.6) is 5.75 Å². The highest BCUT2D eigenvalue weighted by molar-refractivity contribution is 7.92. The Labute approximate surface area is 130 Å². The zero-order valence-electron chi connectivity index (χ0n) is 12.8. The fraction of sp³-hybridized carbons (Fsp3) is 0.533. The maximum Gasteiger partial charge on any atom is 0.240 e. The van der Waals surface area contributed by atoms with Crippen molar-refractivity contribution in [3.63, 3.8) is 0 Å². The number of morpholine rings is 1. The molecule has 6 nitrogen and oxygen atoms in total. The summed E-state index contributed by atoms with van der Waals surface area (Å²) in [5.74, 6) is -0.0656. The number of nitrogens with zero attached hydrogens (tertiary/aromatic N) is 1. The van der Waals surface area contributed by atoms with Crippen LogP contribution in [0.4, 0.5) is 0 Å². The van der Waals surface area contributed by atoms with Gasteiger partial charge in [-0.05, 0) is 13.0 Å². The second kappa shape index (κ2) is 7.11. The molecule has 0 N–H and O–H groups in total. The van der Waals surface area contributed by atoms with Crippen molar-refractivity contribution in [2.24, 2.45) is 0 Å². The number of carbonyl (C=O) groups is 1. The van der Waals surface area contributed by atoms with Crippen LogP contribution in [0.3, 0.4) is 0 Å². The van der Waals surface area contributed by atoms with E-state index in [0.29, 0.717) is 37.6 Å². The average molecular weight is 327 g/mol. The highest BCUT2D eigenvalue weighted by Crippen LogP contribution is 2.22. The highest BCUT2D eigenvalue weighted by atomic mass is 32.2. The molecule has 1 aliphatic rings. The van der Waals surface area contributed by atoms with Gasteiger partial charge in [0.05, 0.1) is 26.1 Å². The van der Waals surface area contributed by atoms with Crippen LogP contribution in [0.2, 0.25) is 0 Å². The van der Waals surface area contributed by atoms with Crippen LogP contribution in [-0.4, -0.2) is 57.9 Å². The largest absolute Gasteiger partial charge is 0.496 e. The van der Waals surface area contributed by atoms with E-state index in [2.05, 4.69) is 0 Å². The molecule has 1 fully saturated rings. The van der Waals surface area contributed by atoms with Crippen molar-refractivity contribution in [2.75, 3.05) is 33.4 Å². The first kappa shape index (κ1) is 16.8. The van der Waals surface area contributed by atoms with Crippen molar-refractivity contribution in [1.82, 2.24) is 4.90 Å². The average Bonchev–Trinajstić information content (AvgIpc) is 2.54. The number of hydrogen-bond acceptors (Lipinski definition) is 5. The molecule has 122 valence electrons. The molecule has 0 spiro atoms. The summed E-state index contributed by atoms with van der Waals surface area (Å²) in [6.07, 6.45) is 0. The second-order valence-electron chi connectivity index (χ2n) is 5.20. The molecule has 1 aliphatic heterocycles. The van der Waals surface area contributed by atoms with E-state index in [1.54, 1.807) is 29.2 Å². The van der Waals surface area contributed by atoms with Crippen LogP contribution < -0.4 is 4.74 Å². The van der Waals surface area contributed by atoms with Crippen LogP contribution in [0.1, 0.15) is 12.5 Å². The summed E-state index contributed by atoms with van der Waals surface area (Å²) in [6, 6.07) is 6.93. The molecule has 0 bridgehead atoms. The summed E-state index contributed by atoms with van der Waals surface area (Å²) < 4.78 is 35.4. The zero-order chi connectivity index (χ0) is 16.2. The van der Waals surface area contributed by atoms with Crippen molar-refractivity contribution in [3.8, 4) is 5.75 Å². The van der Waals surface area contributed by atoms with Gasteiger partial charge in [0.1, 0.15) is 11.0 Å². The first-order valence-corrected chi connectivity index (χ1v) is 8.87. The minimum Gasteiger partial charge on any atom is -0.496 e. The van der Waals surface area contributed by atoms with Gasteiger partial charge in [0, 0.05) is 18.7 Å². The summed E-state index contributed by atoms with van der Waals surface area (Å²) in [7, 11) is -2.11. The predicted molar refractivity (Wildman–Crippen MR) is 82.5 cm³/mol. The minimum atomic E-state index is -3.61. The number of para-hydroxylation sites is 1. The third-order valence-electron chi connectivity index (χ3n) is 3.76. The molecule has 1 heterocycles. The first-order chi connectivity index (χ1) is 10.5. The van der Waals surface area contributed by atoms with Gasteiger partial charge in [0.2, 0.25) is 5.91 Å². The lowest BCUT2D eigenvalue weighted by Crippen LogP contribution is -2.47. The topological polar surface area (TPSA) is 72.9 Å². The number of sulfone groups is 1. The van der Waals surface area contributed by atoms with Gasteiger partial charge in [-0.2, -0.15) is 0 Å². The van der Waals surface area contributed by atoms with Crippen LogP contribution >= 0.6 is 0 Å². The molecule has 2 rings (SSSR count). The van der Waals surface area contributed by atoms with Crippen molar-refractivity contribution < 1.29 is 22.7 Å². The quantitative estimate of drug-likeness (QED) is 0.802. The Morgan fingerprint density at radius 1 is 1.32 bits per heavy atom. The zero-order valence-corrected chi connectivity index (χ0v) is 13.6.